The van der Waals surface area contributed by atoms with Gasteiger partial charge in [0.05, 0.1) is 11.5 Å². The van der Waals surface area contributed by atoms with Crippen molar-refractivity contribution in [1.29, 1.82) is 0 Å². The fourth-order valence-corrected chi connectivity index (χ4v) is 3.44. The van der Waals surface area contributed by atoms with Gasteiger partial charge in [0.25, 0.3) is 0 Å². The van der Waals surface area contributed by atoms with Crippen LogP contribution in [0.4, 0.5) is 0 Å². The maximum atomic E-state index is 12.5. The van der Waals surface area contributed by atoms with E-state index < -0.39 is 15.8 Å². The maximum absolute atomic E-state index is 12.5. The van der Waals surface area contributed by atoms with Crippen LogP contribution in [0, 0.1) is 0 Å². The van der Waals surface area contributed by atoms with Crippen LogP contribution in [0.2, 0.25) is 0 Å². The molecule has 1 aromatic carbocycles. The van der Waals surface area contributed by atoms with E-state index in [2.05, 4.69) is 10.1 Å². The fourth-order valence-electron chi connectivity index (χ4n) is 2.81. The van der Waals surface area contributed by atoms with Gasteiger partial charge in [0.2, 0.25) is 0 Å². The van der Waals surface area contributed by atoms with Gasteiger partial charge in [0.15, 0.2) is 15.5 Å². The molecule has 0 unspecified atom stereocenters. The van der Waals surface area contributed by atoms with Crippen molar-refractivity contribution in [2.24, 2.45) is 7.05 Å². The maximum Gasteiger partial charge on any atom is 0.357 e. The molecule has 27 heavy (non-hydrogen) atoms. The Morgan fingerprint density at radius 1 is 1.07 bits per heavy atom. The Morgan fingerprint density at radius 2 is 1.70 bits per heavy atom. The van der Waals surface area contributed by atoms with Gasteiger partial charge in [-0.3, -0.25) is 9.67 Å². The number of ether oxygens (including phenoxy) is 1. The number of hydrogen-bond donors (Lipinski definition) is 0. The topological polar surface area (TPSA) is 91.2 Å². The predicted molar refractivity (Wildman–Crippen MR) is 101 cm³/mol. The number of carbonyl (C=O) groups is 1. The van der Waals surface area contributed by atoms with Crippen molar-refractivity contribution in [3.8, 4) is 22.4 Å². The van der Waals surface area contributed by atoms with Crippen LogP contribution >= 0.6 is 0 Å². The highest BCUT2D eigenvalue weighted by atomic mass is 32.2. The molecule has 3 aromatic rings. The Morgan fingerprint density at radius 3 is 2.26 bits per heavy atom. The summed E-state index contributed by atoms with van der Waals surface area (Å²) in [5, 5.41) is 4.50. The van der Waals surface area contributed by atoms with Crippen molar-refractivity contribution in [2.45, 2.75) is 11.8 Å². The predicted octanol–water partition coefficient (Wildman–Crippen LogP) is 2.73. The number of rotatable bonds is 5. The van der Waals surface area contributed by atoms with Crippen LogP contribution in [0.15, 0.2) is 53.7 Å². The molecule has 140 valence electrons. The van der Waals surface area contributed by atoms with Gasteiger partial charge in [-0.05, 0) is 36.8 Å². The van der Waals surface area contributed by atoms with E-state index in [1.807, 2.05) is 0 Å². The zero-order valence-electron chi connectivity index (χ0n) is 15.2. The largest absolute Gasteiger partial charge is 0.461 e. The SMILES string of the molecule is CCOC(=O)c1c(-c2ccncc2)c(-c2ccc(S(C)(=O)=O)cc2)nn1C. The standard InChI is InChI=1S/C19H19N3O4S/c1-4-26-19(23)18-16(13-9-11-20-12-10-13)17(21-22(18)2)14-5-7-15(8-6-14)27(3,24)25/h5-12H,4H2,1-3H3. The van der Waals surface area contributed by atoms with Crippen LogP contribution in [-0.2, 0) is 21.6 Å². The van der Waals surface area contributed by atoms with Gasteiger partial charge in [-0.2, -0.15) is 5.10 Å². The molecule has 0 spiro atoms. The van der Waals surface area contributed by atoms with E-state index in [0.29, 0.717) is 22.5 Å². The molecular weight excluding hydrogens is 366 g/mol. The van der Waals surface area contributed by atoms with E-state index in [4.69, 9.17) is 4.74 Å². The van der Waals surface area contributed by atoms with Gasteiger partial charge in [-0.15, -0.1) is 0 Å². The number of benzene rings is 1. The number of nitrogens with zero attached hydrogens (tertiary/aromatic N) is 3. The number of aryl methyl sites for hydroxylation is 1. The first-order valence-electron chi connectivity index (χ1n) is 8.28. The van der Waals surface area contributed by atoms with Crippen LogP contribution in [0.1, 0.15) is 17.4 Å². The third-order valence-electron chi connectivity index (χ3n) is 4.04. The van der Waals surface area contributed by atoms with Crippen molar-refractivity contribution >= 4 is 15.8 Å². The molecule has 2 heterocycles. The van der Waals surface area contributed by atoms with E-state index in [-0.39, 0.29) is 11.5 Å². The van der Waals surface area contributed by atoms with E-state index in [1.165, 1.54) is 16.8 Å². The van der Waals surface area contributed by atoms with Crippen LogP contribution in [-0.4, -0.2) is 42.0 Å². The van der Waals surface area contributed by atoms with Crippen molar-refractivity contribution in [3.63, 3.8) is 0 Å². The Balaban J connectivity index is 2.21. The van der Waals surface area contributed by atoms with Crippen LogP contribution < -0.4 is 0 Å². The Kier molecular flexibility index (Phi) is 5.09. The monoisotopic (exact) mass is 385 g/mol. The summed E-state index contributed by atoms with van der Waals surface area (Å²) in [6.45, 7) is 1.99. The number of aromatic nitrogens is 3. The lowest BCUT2D eigenvalue weighted by molar-refractivity contribution is 0.0514. The summed E-state index contributed by atoms with van der Waals surface area (Å²) in [4.78, 5) is 16.8. The molecule has 0 radical (unpaired) electrons. The van der Waals surface area contributed by atoms with Crippen LogP contribution in [0.5, 0.6) is 0 Å². The third kappa shape index (κ3) is 3.75. The molecular formula is C19H19N3O4S. The molecule has 8 heteroatoms. The first kappa shape index (κ1) is 18.8. The quantitative estimate of drug-likeness (QED) is 0.627. The summed E-state index contributed by atoms with van der Waals surface area (Å²) in [6.07, 6.45) is 4.42. The minimum Gasteiger partial charge on any atom is -0.461 e. The highest BCUT2D eigenvalue weighted by molar-refractivity contribution is 7.90. The van der Waals surface area contributed by atoms with Crippen LogP contribution in [0.25, 0.3) is 22.4 Å². The van der Waals surface area contributed by atoms with Gasteiger partial charge in [-0.1, -0.05) is 12.1 Å². The summed E-state index contributed by atoms with van der Waals surface area (Å²) in [5.41, 5.74) is 2.96. The normalized spacial score (nSPS) is 11.4. The summed E-state index contributed by atoms with van der Waals surface area (Å²) in [5.74, 6) is -0.474. The Hall–Kier alpha value is -3.00. The molecule has 0 N–H and O–H groups in total. The average molecular weight is 385 g/mol. The Bertz CT molecular complexity index is 1070. The van der Waals surface area contributed by atoms with Crippen molar-refractivity contribution < 1.29 is 17.9 Å². The molecule has 2 aromatic heterocycles. The minimum atomic E-state index is -3.30. The zero-order valence-corrected chi connectivity index (χ0v) is 16.0. The average Bonchev–Trinajstić information content (AvgIpc) is 2.99. The lowest BCUT2D eigenvalue weighted by Crippen LogP contribution is -2.11. The Labute approximate surface area is 157 Å². The van der Waals surface area contributed by atoms with Crippen LogP contribution in [0.3, 0.4) is 0 Å². The lowest BCUT2D eigenvalue weighted by Gasteiger charge is -2.07. The van der Waals surface area contributed by atoms with Crippen molar-refractivity contribution in [2.75, 3.05) is 12.9 Å². The summed E-state index contributed by atoms with van der Waals surface area (Å²) < 4.78 is 30.1. The summed E-state index contributed by atoms with van der Waals surface area (Å²) >= 11 is 0. The van der Waals surface area contributed by atoms with E-state index in [0.717, 1.165) is 11.8 Å². The molecule has 0 fully saturated rings. The molecule has 0 bridgehead atoms. The number of sulfone groups is 1. The molecule has 0 atom stereocenters. The first-order chi connectivity index (χ1) is 12.8. The van der Waals surface area contributed by atoms with Gasteiger partial charge in [-0.25, -0.2) is 13.2 Å². The van der Waals surface area contributed by atoms with Gasteiger partial charge in [0, 0.05) is 36.8 Å². The number of esters is 1. The second kappa shape index (κ2) is 7.32. The molecule has 0 amide bonds. The second-order valence-corrected chi connectivity index (χ2v) is 7.96. The molecule has 0 saturated heterocycles. The van der Waals surface area contributed by atoms with E-state index in [1.54, 1.807) is 50.6 Å². The smallest absolute Gasteiger partial charge is 0.357 e. The fraction of sp³-hybridized carbons (Fsp3) is 0.211. The molecule has 7 nitrogen and oxygen atoms in total. The highest BCUT2D eigenvalue weighted by Crippen LogP contribution is 2.34. The van der Waals surface area contributed by atoms with E-state index in [9.17, 15) is 13.2 Å². The zero-order chi connectivity index (χ0) is 19.6. The molecule has 3 rings (SSSR count). The lowest BCUT2D eigenvalue weighted by atomic mass is 9.99. The first-order valence-corrected chi connectivity index (χ1v) is 10.2. The van der Waals surface area contributed by atoms with Crippen molar-refractivity contribution in [3.05, 3.63) is 54.5 Å². The number of hydrogen-bond acceptors (Lipinski definition) is 6. The van der Waals surface area contributed by atoms with Gasteiger partial charge in [0.1, 0.15) is 5.69 Å². The number of pyridine rings is 1. The molecule has 0 saturated carbocycles. The summed E-state index contributed by atoms with van der Waals surface area (Å²) in [6, 6.07) is 9.98. The van der Waals surface area contributed by atoms with E-state index >= 15 is 0 Å². The van der Waals surface area contributed by atoms with Gasteiger partial charge >= 0.3 is 5.97 Å². The second-order valence-electron chi connectivity index (χ2n) is 5.95. The minimum absolute atomic E-state index is 0.221. The highest BCUT2D eigenvalue weighted by Gasteiger charge is 2.25. The third-order valence-corrected chi connectivity index (χ3v) is 5.17. The van der Waals surface area contributed by atoms with Gasteiger partial charge < -0.3 is 4.74 Å². The summed E-state index contributed by atoms with van der Waals surface area (Å²) in [7, 11) is -1.62. The molecule has 0 aliphatic carbocycles. The van der Waals surface area contributed by atoms with Crippen molar-refractivity contribution in [1.82, 2.24) is 14.8 Å². The molecule has 0 aliphatic rings. The number of carbonyl (C=O) groups excluding carboxylic acids is 1. The molecule has 0 aliphatic heterocycles.